The van der Waals surface area contributed by atoms with Crippen LogP contribution in [-0.4, -0.2) is 32.9 Å². The van der Waals surface area contributed by atoms with Gasteiger partial charge in [-0.3, -0.25) is 14.6 Å². The lowest BCUT2D eigenvalue weighted by Crippen LogP contribution is -2.33. The Morgan fingerprint density at radius 1 is 1.32 bits per heavy atom. The van der Waals surface area contributed by atoms with Gasteiger partial charge in [-0.2, -0.15) is 5.10 Å². The zero-order valence-corrected chi connectivity index (χ0v) is 12.8. The SMILES string of the molecule is CC(Sc1n[nH]c(=O)[nH]c1=O)C(=O)NCCc1ccccc1. The molecule has 0 fully saturated rings. The molecule has 0 saturated heterocycles. The minimum atomic E-state index is -0.672. The number of carbonyl (C=O) groups excluding carboxylic acids is 1. The summed E-state index contributed by atoms with van der Waals surface area (Å²) in [5, 5.41) is 8.15. The molecule has 0 aliphatic rings. The van der Waals surface area contributed by atoms with E-state index in [4.69, 9.17) is 0 Å². The number of rotatable bonds is 6. The highest BCUT2D eigenvalue weighted by molar-refractivity contribution is 8.00. The highest BCUT2D eigenvalue weighted by Gasteiger charge is 2.16. The molecule has 7 nitrogen and oxygen atoms in total. The van der Waals surface area contributed by atoms with Gasteiger partial charge < -0.3 is 5.32 Å². The molecule has 1 aromatic carbocycles. The van der Waals surface area contributed by atoms with Crippen molar-refractivity contribution in [3.8, 4) is 0 Å². The fourth-order valence-electron chi connectivity index (χ4n) is 1.76. The lowest BCUT2D eigenvalue weighted by Gasteiger charge is -2.10. The van der Waals surface area contributed by atoms with Crippen LogP contribution in [0.3, 0.4) is 0 Å². The lowest BCUT2D eigenvalue weighted by atomic mass is 10.1. The molecule has 1 unspecified atom stereocenters. The van der Waals surface area contributed by atoms with Crippen LogP contribution in [0.4, 0.5) is 0 Å². The molecule has 2 aromatic rings. The molecule has 0 aliphatic carbocycles. The summed E-state index contributed by atoms with van der Waals surface area (Å²) in [6, 6.07) is 9.82. The summed E-state index contributed by atoms with van der Waals surface area (Å²) in [6.07, 6.45) is 0.738. The average molecular weight is 320 g/mol. The Kier molecular flexibility index (Phi) is 5.54. The summed E-state index contributed by atoms with van der Waals surface area (Å²) in [4.78, 5) is 36.4. The summed E-state index contributed by atoms with van der Waals surface area (Å²) in [5.74, 6) is -0.187. The number of benzene rings is 1. The first-order valence-corrected chi connectivity index (χ1v) is 7.61. The van der Waals surface area contributed by atoms with E-state index in [2.05, 4.69) is 20.5 Å². The Balaban J connectivity index is 1.84. The molecule has 22 heavy (non-hydrogen) atoms. The largest absolute Gasteiger partial charge is 0.355 e. The van der Waals surface area contributed by atoms with Gasteiger partial charge in [-0.15, -0.1) is 0 Å². The fourth-order valence-corrected chi connectivity index (χ4v) is 2.54. The van der Waals surface area contributed by atoms with Crippen molar-refractivity contribution in [1.29, 1.82) is 0 Å². The number of aromatic nitrogens is 3. The third kappa shape index (κ3) is 4.59. The summed E-state index contributed by atoms with van der Waals surface area (Å²) in [7, 11) is 0. The zero-order chi connectivity index (χ0) is 15.9. The lowest BCUT2D eigenvalue weighted by molar-refractivity contribution is -0.120. The summed E-state index contributed by atoms with van der Waals surface area (Å²) >= 11 is 0.996. The van der Waals surface area contributed by atoms with Crippen LogP contribution >= 0.6 is 11.8 Å². The van der Waals surface area contributed by atoms with Crippen LogP contribution in [0.25, 0.3) is 0 Å². The Bertz CT molecular complexity index is 741. The Hall–Kier alpha value is -2.35. The molecule has 1 atom stereocenters. The van der Waals surface area contributed by atoms with E-state index in [-0.39, 0.29) is 10.9 Å². The number of hydrogen-bond acceptors (Lipinski definition) is 5. The highest BCUT2D eigenvalue weighted by Crippen LogP contribution is 2.16. The van der Waals surface area contributed by atoms with Crippen molar-refractivity contribution in [3.05, 3.63) is 56.7 Å². The maximum atomic E-state index is 12.0. The van der Waals surface area contributed by atoms with Gasteiger partial charge in [0.25, 0.3) is 5.56 Å². The number of amides is 1. The summed E-state index contributed by atoms with van der Waals surface area (Å²) in [6.45, 7) is 2.19. The molecule has 0 spiro atoms. The number of H-pyrrole nitrogens is 2. The molecule has 0 bridgehead atoms. The first kappa shape index (κ1) is 16.0. The van der Waals surface area contributed by atoms with E-state index in [0.717, 1.165) is 23.7 Å². The molecule has 1 aromatic heterocycles. The molecule has 0 radical (unpaired) electrons. The fraction of sp³-hybridized carbons (Fsp3) is 0.286. The van der Waals surface area contributed by atoms with Crippen LogP contribution in [0, 0.1) is 0 Å². The van der Waals surface area contributed by atoms with E-state index in [1.54, 1.807) is 6.92 Å². The number of aromatic amines is 2. The van der Waals surface area contributed by atoms with Crippen molar-refractivity contribution < 1.29 is 4.79 Å². The van der Waals surface area contributed by atoms with Crippen molar-refractivity contribution in [2.45, 2.75) is 23.6 Å². The van der Waals surface area contributed by atoms with E-state index in [9.17, 15) is 14.4 Å². The Morgan fingerprint density at radius 3 is 2.73 bits per heavy atom. The molecular weight excluding hydrogens is 304 g/mol. The van der Waals surface area contributed by atoms with Gasteiger partial charge in [-0.25, -0.2) is 9.89 Å². The zero-order valence-electron chi connectivity index (χ0n) is 12.0. The van der Waals surface area contributed by atoms with Crippen LogP contribution in [0.5, 0.6) is 0 Å². The van der Waals surface area contributed by atoms with Crippen molar-refractivity contribution in [2.75, 3.05) is 6.54 Å². The van der Waals surface area contributed by atoms with Gasteiger partial charge in [0.15, 0.2) is 5.03 Å². The second-order valence-electron chi connectivity index (χ2n) is 4.60. The van der Waals surface area contributed by atoms with E-state index < -0.39 is 16.5 Å². The molecule has 1 amide bonds. The van der Waals surface area contributed by atoms with Crippen molar-refractivity contribution >= 4 is 17.7 Å². The summed E-state index contributed by atoms with van der Waals surface area (Å²) in [5.41, 5.74) is -0.131. The molecule has 3 N–H and O–H groups in total. The third-order valence-electron chi connectivity index (χ3n) is 2.89. The van der Waals surface area contributed by atoms with E-state index in [1.807, 2.05) is 30.3 Å². The van der Waals surface area contributed by atoms with Crippen LogP contribution in [0.2, 0.25) is 0 Å². The molecule has 0 saturated carbocycles. The number of hydrogen-bond donors (Lipinski definition) is 3. The minimum Gasteiger partial charge on any atom is -0.355 e. The summed E-state index contributed by atoms with van der Waals surface area (Å²) < 4.78 is 0. The van der Waals surface area contributed by atoms with E-state index in [0.29, 0.717) is 6.54 Å². The molecule has 116 valence electrons. The molecule has 1 heterocycles. The van der Waals surface area contributed by atoms with Crippen LogP contribution < -0.4 is 16.6 Å². The van der Waals surface area contributed by atoms with E-state index in [1.165, 1.54) is 0 Å². The van der Waals surface area contributed by atoms with Crippen LogP contribution in [0.15, 0.2) is 44.9 Å². The minimum absolute atomic E-state index is 0.0605. The molecule has 0 aliphatic heterocycles. The topological polar surface area (TPSA) is 108 Å². The van der Waals surface area contributed by atoms with Gasteiger partial charge in [0.05, 0.1) is 5.25 Å². The second-order valence-corrected chi connectivity index (χ2v) is 5.93. The predicted molar refractivity (Wildman–Crippen MR) is 84.0 cm³/mol. The monoisotopic (exact) mass is 320 g/mol. The Labute approximate surface area is 130 Å². The molecule has 8 heteroatoms. The number of thioether (sulfide) groups is 1. The van der Waals surface area contributed by atoms with Gasteiger partial charge in [-0.05, 0) is 18.9 Å². The van der Waals surface area contributed by atoms with Crippen LogP contribution in [0.1, 0.15) is 12.5 Å². The third-order valence-corrected chi connectivity index (χ3v) is 3.96. The highest BCUT2D eigenvalue weighted by atomic mass is 32.2. The molecular formula is C14H16N4O3S. The average Bonchev–Trinajstić information content (AvgIpc) is 2.51. The van der Waals surface area contributed by atoms with Gasteiger partial charge in [-0.1, -0.05) is 42.1 Å². The Morgan fingerprint density at radius 2 is 2.05 bits per heavy atom. The number of nitrogens with zero attached hydrogens (tertiary/aromatic N) is 1. The van der Waals surface area contributed by atoms with Gasteiger partial charge in [0, 0.05) is 6.54 Å². The van der Waals surface area contributed by atoms with Crippen molar-refractivity contribution in [2.24, 2.45) is 0 Å². The van der Waals surface area contributed by atoms with Crippen LogP contribution in [-0.2, 0) is 11.2 Å². The number of nitrogens with one attached hydrogen (secondary N) is 3. The van der Waals surface area contributed by atoms with E-state index >= 15 is 0 Å². The van der Waals surface area contributed by atoms with Gasteiger partial charge >= 0.3 is 5.69 Å². The number of carbonyl (C=O) groups is 1. The first-order valence-electron chi connectivity index (χ1n) is 6.73. The second kappa shape index (κ2) is 7.60. The maximum Gasteiger partial charge on any atom is 0.342 e. The first-order chi connectivity index (χ1) is 10.6. The van der Waals surface area contributed by atoms with Gasteiger partial charge in [0.1, 0.15) is 0 Å². The maximum absolute atomic E-state index is 12.0. The predicted octanol–water partition coefficient (Wildman–Crippen LogP) is 0.298. The molecule has 2 rings (SSSR count). The van der Waals surface area contributed by atoms with Crippen molar-refractivity contribution in [1.82, 2.24) is 20.5 Å². The standard InChI is InChI=1S/C14H16N4O3S/c1-9(22-13-12(20)16-14(21)18-17-13)11(19)15-8-7-10-5-3-2-4-6-10/h2-6,9H,7-8H2,1H3,(H,15,19)(H2,16,18,20,21). The van der Waals surface area contributed by atoms with Gasteiger partial charge in [0.2, 0.25) is 5.91 Å². The smallest absolute Gasteiger partial charge is 0.342 e. The quantitative estimate of drug-likeness (QED) is 0.663. The normalized spacial score (nSPS) is 11.9. The van der Waals surface area contributed by atoms with Crippen molar-refractivity contribution in [3.63, 3.8) is 0 Å².